The molecule has 0 radical (unpaired) electrons. The predicted molar refractivity (Wildman–Crippen MR) is 87.3 cm³/mol. The molecular formula is C16H19N7O. The maximum atomic E-state index is 11.5. The van der Waals surface area contributed by atoms with E-state index in [2.05, 4.69) is 26.7 Å². The van der Waals surface area contributed by atoms with Crippen LogP contribution in [0.4, 0.5) is 5.82 Å². The van der Waals surface area contributed by atoms with E-state index in [4.69, 9.17) is 5.73 Å². The fourth-order valence-electron chi connectivity index (χ4n) is 2.99. The molecular weight excluding hydrogens is 306 g/mol. The third kappa shape index (κ3) is 2.80. The maximum absolute atomic E-state index is 11.5. The molecule has 124 valence electrons. The van der Waals surface area contributed by atoms with Crippen LogP contribution >= 0.6 is 0 Å². The summed E-state index contributed by atoms with van der Waals surface area (Å²) < 4.78 is 1.84. The molecule has 0 aliphatic carbocycles. The van der Waals surface area contributed by atoms with E-state index in [1.54, 1.807) is 0 Å². The topological polar surface area (TPSA) is 123 Å². The minimum Gasteiger partial charge on any atom is -0.367 e. The van der Waals surface area contributed by atoms with Crippen LogP contribution in [0.15, 0.2) is 6.20 Å². The van der Waals surface area contributed by atoms with E-state index in [1.165, 1.54) is 6.20 Å². The van der Waals surface area contributed by atoms with Crippen molar-refractivity contribution in [2.24, 2.45) is 11.7 Å². The van der Waals surface area contributed by atoms with Crippen LogP contribution in [0.25, 0.3) is 0 Å². The molecule has 1 amide bonds. The molecule has 1 aliphatic rings. The Morgan fingerprint density at radius 2 is 2.29 bits per heavy atom. The van der Waals surface area contributed by atoms with E-state index in [-0.39, 0.29) is 0 Å². The van der Waals surface area contributed by atoms with Crippen molar-refractivity contribution in [2.45, 2.75) is 33.2 Å². The molecule has 3 rings (SSSR count). The van der Waals surface area contributed by atoms with Gasteiger partial charge in [-0.05, 0) is 38.2 Å². The normalized spacial score (nSPS) is 16.3. The van der Waals surface area contributed by atoms with E-state index >= 15 is 0 Å². The number of hydrogen-bond donors (Lipinski definition) is 2. The summed E-state index contributed by atoms with van der Waals surface area (Å²) in [5, 5.41) is 25.0. The van der Waals surface area contributed by atoms with Crippen LogP contribution in [0.3, 0.4) is 0 Å². The lowest BCUT2D eigenvalue weighted by atomic mass is 9.94. The van der Waals surface area contributed by atoms with E-state index in [9.17, 15) is 10.1 Å². The summed E-state index contributed by atoms with van der Waals surface area (Å²) in [5.41, 5.74) is 8.89. The first kappa shape index (κ1) is 15.9. The molecule has 3 N–H and O–H groups in total. The summed E-state index contributed by atoms with van der Waals surface area (Å²) in [4.78, 5) is 11.5. The van der Waals surface area contributed by atoms with Crippen LogP contribution in [-0.4, -0.2) is 32.4 Å². The molecule has 2 aromatic rings. The molecule has 0 unspecified atom stereocenters. The number of hydrogen-bond acceptors (Lipinski definition) is 6. The molecule has 0 saturated carbocycles. The molecule has 0 bridgehead atoms. The second-order valence-corrected chi connectivity index (χ2v) is 6.08. The SMILES string of the molecule is Cc1nnc(NC[C@@H]2CCn3ncc(C(N)=O)c3C2)c(C#N)c1C. The highest BCUT2D eigenvalue weighted by Crippen LogP contribution is 2.24. The highest BCUT2D eigenvalue weighted by Gasteiger charge is 2.24. The van der Waals surface area contributed by atoms with Gasteiger partial charge >= 0.3 is 0 Å². The van der Waals surface area contributed by atoms with Crippen LogP contribution in [-0.2, 0) is 13.0 Å². The minimum atomic E-state index is -0.448. The number of rotatable bonds is 4. The molecule has 24 heavy (non-hydrogen) atoms. The molecule has 0 saturated heterocycles. The summed E-state index contributed by atoms with van der Waals surface area (Å²) in [6.45, 7) is 5.10. The molecule has 1 atom stereocenters. The molecule has 8 heteroatoms. The largest absolute Gasteiger partial charge is 0.367 e. The Kier molecular flexibility index (Phi) is 4.16. The first-order chi connectivity index (χ1) is 11.5. The van der Waals surface area contributed by atoms with Gasteiger partial charge in [-0.3, -0.25) is 9.48 Å². The number of carbonyl (C=O) groups is 1. The smallest absolute Gasteiger partial charge is 0.252 e. The van der Waals surface area contributed by atoms with Gasteiger partial charge < -0.3 is 11.1 Å². The van der Waals surface area contributed by atoms with Gasteiger partial charge in [-0.25, -0.2) is 0 Å². The van der Waals surface area contributed by atoms with Crippen LogP contribution < -0.4 is 11.1 Å². The van der Waals surface area contributed by atoms with Crippen molar-refractivity contribution in [3.8, 4) is 6.07 Å². The Balaban J connectivity index is 1.73. The third-order valence-corrected chi connectivity index (χ3v) is 4.57. The highest BCUT2D eigenvalue weighted by molar-refractivity contribution is 5.93. The quantitative estimate of drug-likeness (QED) is 0.862. The standard InChI is InChI=1S/C16H19N7O/c1-9-10(2)21-22-16(12(9)6-17)19-7-11-3-4-23-14(5-11)13(8-20-23)15(18)24/h8,11H,3-5,7H2,1-2H3,(H2,18,24)(H,19,22)/t11-/m1/s1. The summed E-state index contributed by atoms with van der Waals surface area (Å²) in [6.07, 6.45) is 3.18. The summed E-state index contributed by atoms with van der Waals surface area (Å²) in [7, 11) is 0. The number of primary amides is 1. The Morgan fingerprint density at radius 3 is 3.00 bits per heavy atom. The van der Waals surface area contributed by atoms with E-state index in [0.29, 0.717) is 35.8 Å². The van der Waals surface area contributed by atoms with E-state index in [0.717, 1.165) is 29.9 Å². The van der Waals surface area contributed by atoms with Gasteiger partial charge in [-0.15, -0.1) is 5.10 Å². The maximum Gasteiger partial charge on any atom is 0.252 e. The highest BCUT2D eigenvalue weighted by atomic mass is 16.1. The molecule has 1 aliphatic heterocycles. The number of fused-ring (bicyclic) bond motifs is 1. The monoisotopic (exact) mass is 325 g/mol. The number of nitrogens with one attached hydrogen (secondary N) is 1. The van der Waals surface area contributed by atoms with Gasteiger partial charge in [0.25, 0.3) is 5.91 Å². The number of nitrogens with two attached hydrogens (primary N) is 1. The van der Waals surface area contributed by atoms with Gasteiger partial charge in [0, 0.05) is 13.1 Å². The number of aryl methyl sites for hydroxylation is 2. The van der Waals surface area contributed by atoms with Crippen molar-refractivity contribution in [3.05, 3.63) is 34.3 Å². The minimum absolute atomic E-state index is 0.308. The zero-order valence-electron chi connectivity index (χ0n) is 13.7. The van der Waals surface area contributed by atoms with Gasteiger partial charge in [0.05, 0.1) is 23.1 Å². The fraction of sp³-hybridized carbons (Fsp3) is 0.438. The van der Waals surface area contributed by atoms with Gasteiger partial charge in [0.2, 0.25) is 0 Å². The lowest BCUT2D eigenvalue weighted by Gasteiger charge is -2.24. The van der Waals surface area contributed by atoms with Crippen LogP contribution in [0, 0.1) is 31.1 Å². The first-order valence-corrected chi connectivity index (χ1v) is 7.83. The second-order valence-electron chi connectivity index (χ2n) is 6.08. The zero-order valence-corrected chi connectivity index (χ0v) is 13.7. The Bertz CT molecular complexity index is 834. The number of amides is 1. The van der Waals surface area contributed by atoms with Crippen molar-refractivity contribution < 1.29 is 4.79 Å². The van der Waals surface area contributed by atoms with E-state index in [1.807, 2.05) is 18.5 Å². The Morgan fingerprint density at radius 1 is 1.50 bits per heavy atom. The summed E-state index contributed by atoms with van der Waals surface area (Å²) >= 11 is 0. The average molecular weight is 325 g/mol. The van der Waals surface area contributed by atoms with Crippen LogP contribution in [0.5, 0.6) is 0 Å². The zero-order chi connectivity index (χ0) is 17.3. The third-order valence-electron chi connectivity index (χ3n) is 4.57. The van der Waals surface area contributed by atoms with Crippen molar-refractivity contribution in [1.29, 1.82) is 5.26 Å². The molecule has 2 aromatic heterocycles. The summed E-state index contributed by atoms with van der Waals surface area (Å²) in [6, 6.07) is 2.19. The predicted octanol–water partition coefficient (Wildman–Crippen LogP) is 0.935. The van der Waals surface area contributed by atoms with Crippen molar-refractivity contribution in [3.63, 3.8) is 0 Å². The van der Waals surface area contributed by atoms with Crippen molar-refractivity contribution >= 4 is 11.7 Å². The Hall–Kier alpha value is -2.95. The van der Waals surface area contributed by atoms with Crippen LogP contribution in [0.1, 0.15) is 39.3 Å². The van der Waals surface area contributed by atoms with Gasteiger partial charge in [0.15, 0.2) is 5.82 Å². The lowest BCUT2D eigenvalue weighted by molar-refractivity contribution is 0.0998. The van der Waals surface area contributed by atoms with Crippen LogP contribution in [0.2, 0.25) is 0 Å². The molecule has 3 heterocycles. The molecule has 8 nitrogen and oxygen atoms in total. The lowest BCUT2D eigenvalue weighted by Crippen LogP contribution is -2.27. The average Bonchev–Trinajstić information content (AvgIpc) is 2.99. The van der Waals surface area contributed by atoms with Gasteiger partial charge in [-0.1, -0.05) is 0 Å². The molecule has 0 spiro atoms. The van der Waals surface area contributed by atoms with Crippen molar-refractivity contribution in [1.82, 2.24) is 20.0 Å². The number of aromatic nitrogens is 4. The first-order valence-electron chi connectivity index (χ1n) is 7.83. The van der Waals surface area contributed by atoms with Gasteiger partial charge in [0.1, 0.15) is 11.6 Å². The number of nitriles is 1. The molecule has 0 aromatic carbocycles. The molecule has 0 fully saturated rings. The summed E-state index contributed by atoms with van der Waals surface area (Å²) in [5.74, 6) is 0.369. The van der Waals surface area contributed by atoms with Crippen molar-refractivity contribution in [2.75, 3.05) is 11.9 Å². The fourth-order valence-corrected chi connectivity index (χ4v) is 2.99. The van der Waals surface area contributed by atoms with E-state index < -0.39 is 5.91 Å². The Labute approximate surface area is 139 Å². The van der Waals surface area contributed by atoms with Gasteiger partial charge in [-0.2, -0.15) is 15.5 Å². The number of anilines is 1. The second kappa shape index (κ2) is 6.28. The number of carbonyl (C=O) groups excluding carboxylic acids is 1. The number of nitrogens with zero attached hydrogens (tertiary/aromatic N) is 5.